The number of nitrogens with zero attached hydrogens (tertiary/aromatic N) is 2. The molecule has 1 heterocycles. The van der Waals surface area contributed by atoms with E-state index >= 15 is 0 Å². The molecule has 3 amide bonds. The highest BCUT2D eigenvalue weighted by Gasteiger charge is 2.32. The molecule has 0 spiro atoms. The summed E-state index contributed by atoms with van der Waals surface area (Å²) < 4.78 is 37.8. The van der Waals surface area contributed by atoms with Gasteiger partial charge in [-0.05, 0) is 44.9 Å². The summed E-state index contributed by atoms with van der Waals surface area (Å²) in [5.74, 6) is -0.154. The Hall–Kier alpha value is -2.37. The van der Waals surface area contributed by atoms with Crippen molar-refractivity contribution in [2.75, 3.05) is 45.4 Å². The first-order valence-corrected chi connectivity index (χ1v) is 12.8. The molecule has 3 atom stereocenters. The number of hydrogen-bond donors (Lipinski definition) is 2. The molecule has 2 N–H and O–H groups in total. The Bertz CT molecular complexity index is 952. The second kappa shape index (κ2) is 11.2. The van der Waals surface area contributed by atoms with Crippen molar-refractivity contribution in [3.05, 3.63) is 23.8 Å². The number of hydrogen-bond acceptors (Lipinski definition) is 6. The normalized spacial score (nSPS) is 23.2. The van der Waals surface area contributed by atoms with Crippen molar-refractivity contribution in [3.63, 3.8) is 0 Å². The average molecular weight is 485 g/mol. The van der Waals surface area contributed by atoms with Crippen LogP contribution in [0, 0.1) is 5.92 Å². The first kappa shape index (κ1) is 26.9. The first-order chi connectivity index (χ1) is 15.3. The Morgan fingerprint density at radius 3 is 2.48 bits per heavy atom. The van der Waals surface area contributed by atoms with Crippen molar-refractivity contribution in [2.24, 2.45) is 5.92 Å². The van der Waals surface area contributed by atoms with E-state index in [0.29, 0.717) is 11.4 Å². The van der Waals surface area contributed by atoms with Crippen molar-refractivity contribution >= 4 is 27.6 Å². The molecule has 1 aromatic rings. The summed E-state index contributed by atoms with van der Waals surface area (Å²) in [5, 5.41) is 5.45. The molecule has 0 saturated carbocycles. The van der Waals surface area contributed by atoms with Gasteiger partial charge in [-0.2, -0.15) is 4.31 Å². The standard InChI is InChI=1S/C22H36N4O6S/c1-14(2)23-22(28)24-17-8-9-19-18(10-17)21(27)25(5)12-20(31-6)15(3)11-26(33(7,29)30)16(4)13-32-19/h8-10,14-16,20H,11-13H2,1-7H3,(H2,23,24,28)/t15-,16+,20+/m0/s1. The first-order valence-electron chi connectivity index (χ1n) is 10.9. The van der Waals surface area contributed by atoms with Crippen LogP contribution >= 0.6 is 0 Å². The van der Waals surface area contributed by atoms with Crippen molar-refractivity contribution in [1.82, 2.24) is 14.5 Å². The summed E-state index contributed by atoms with van der Waals surface area (Å²) in [6, 6.07) is 3.91. The number of amides is 3. The van der Waals surface area contributed by atoms with Gasteiger partial charge in [0.15, 0.2) is 0 Å². The van der Waals surface area contributed by atoms with Gasteiger partial charge < -0.3 is 25.0 Å². The monoisotopic (exact) mass is 484 g/mol. The van der Waals surface area contributed by atoms with Crippen molar-refractivity contribution in [1.29, 1.82) is 0 Å². The molecule has 1 aliphatic heterocycles. The van der Waals surface area contributed by atoms with Crippen LogP contribution in [-0.2, 0) is 14.8 Å². The Kier molecular flexibility index (Phi) is 9.10. The van der Waals surface area contributed by atoms with Crippen molar-refractivity contribution in [3.8, 4) is 5.75 Å². The number of likely N-dealkylation sites (N-methyl/N-ethyl adjacent to an activating group) is 1. The van der Waals surface area contributed by atoms with Gasteiger partial charge in [-0.1, -0.05) is 6.92 Å². The highest BCUT2D eigenvalue weighted by atomic mass is 32.2. The second-order valence-corrected chi connectivity index (χ2v) is 10.8. The van der Waals surface area contributed by atoms with Crippen molar-refractivity contribution < 1.29 is 27.5 Å². The van der Waals surface area contributed by atoms with E-state index in [0.717, 1.165) is 0 Å². The van der Waals surface area contributed by atoms with Crippen LogP contribution in [0.1, 0.15) is 38.1 Å². The van der Waals surface area contributed by atoms with Gasteiger partial charge in [-0.15, -0.1) is 0 Å². The van der Waals surface area contributed by atoms with Gasteiger partial charge in [0.1, 0.15) is 12.4 Å². The third kappa shape index (κ3) is 7.31. The Morgan fingerprint density at radius 1 is 1.24 bits per heavy atom. The number of anilines is 1. The summed E-state index contributed by atoms with van der Waals surface area (Å²) >= 11 is 0. The number of fused-ring (bicyclic) bond motifs is 1. The van der Waals surface area contributed by atoms with E-state index in [2.05, 4.69) is 10.6 Å². The molecule has 11 heteroatoms. The Labute approximate surface area is 196 Å². The number of ether oxygens (including phenoxy) is 2. The highest BCUT2D eigenvalue weighted by molar-refractivity contribution is 7.88. The maximum Gasteiger partial charge on any atom is 0.319 e. The Balaban J connectivity index is 2.45. The summed E-state index contributed by atoms with van der Waals surface area (Å²) in [6.07, 6.45) is 0.797. The summed E-state index contributed by atoms with van der Waals surface area (Å²) in [4.78, 5) is 26.9. The fraction of sp³-hybridized carbons (Fsp3) is 0.636. The molecular weight excluding hydrogens is 448 g/mol. The van der Waals surface area contributed by atoms with Crippen LogP contribution in [0.15, 0.2) is 18.2 Å². The van der Waals surface area contributed by atoms with Crippen LogP contribution in [0.3, 0.4) is 0 Å². The smallest absolute Gasteiger partial charge is 0.319 e. The van der Waals surface area contributed by atoms with Crippen LogP contribution in [0.2, 0.25) is 0 Å². The predicted octanol–water partition coefficient (Wildman–Crippen LogP) is 1.98. The highest BCUT2D eigenvalue weighted by Crippen LogP contribution is 2.27. The van der Waals surface area contributed by atoms with Crippen LogP contribution in [0.25, 0.3) is 0 Å². The molecule has 0 radical (unpaired) electrons. The molecule has 1 aliphatic rings. The van der Waals surface area contributed by atoms with Gasteiger partial charge in [-0.3, -0.25) is 4.79 Å². The lowest BCUT2D eigenvalue weighted by atomic mass is 10.0. The lowest BCUT2D eigenvalue weighted by molar-refractivity contribution is 0.0213. The van der Waals surface area contributed by atoms with E-state index in [9.17, 15) is 18.0 Å². The number of nitrogens with one attached hydrogen (secondary N) is 2. The number of rotatable bonds is 4. The topological polar surface area (TPSA) is 117 Å². The quantitative estimate of drug-likeness (QED) is 0.675. The zero-order valence-corrected chi connectivity index (χ0v) is 21.2. The van der Waals surface area contributed by atoms with Crippen LogP contribution in [0.4, 0.5) is 10.5 Å². The van der Waals surface area contributed by atoms with E-state index in [1.165, 1.54) is 15.5 Å². The molecule has 0 saturated heterocycles. The molecule has 10 nitrogen and oxygen atoms in total. The minimum Gasteiger partial charge on any atom is -0.491 e. The van der Waals surface area contributed by atoms with Crippen molar-refractivity contribution in [2.45, 2.75) is 45.9 Å². The molecule has 0 aliphatic carbocycles. The lowest BCUT2D eigenvalue weighted by Gasteiger charge is -2.34. The zero-order valence-electron chi connectivity index (χ0n) is 20.4. The second-order valence-electron chi connectivity index (χ2n) is 8.89. The van der Waals surface area contributed by atoms with Gasteiger partial charge in [0, 0.05) is 39.0 Å². The summed E-state index contributed by atoms with van der Waals surface area (Å²) in [5.41, 5.74) is 0.702. The number of urea groups is 1. The predicted molar refractivity (Wildman–Crippen MR) is 127 cm³/mol. The molecule has 2 rings (SSSR count). The number of carbonyl (C=O) groups excluding carboxylic acids is 2. The maximum atomic E-state index is 13.3. The molecule has 0 unspecified atom stereocenters. The lowest BCUT2D eigenvalue weighted by Crippen LogP contribution is -2.48. The summed E-state index contributed by atoms with van der Waals surface area (Å²) in [7, 11) is -0.298. The molecule has 0 fully saturated rings. The zero-order chi connectivity index (χ0) is 24.9. The third-order valence-corrected chi connectivity index (χ3v) is 6.85. The van der Waals surface area contributed by atoms with Crippen LogP contribution in [0.5, 0.6) is 5.75 Å². The fourth-order valence-corrected chi connectivity index (χ4v) is 4.93. The molecule has 0 bridgehead atoms. The van der Waals surface area contributed by atoms with Crippen LogP contribution in [-0.4, -0.2) is 87.9 Å². The molecule has 186 valence electrons. The SMILES string of the molecule is CO[C@@H]1CN(C)C(=O)c2cc(NC(=O)NC(C)C)ccc2OC[C@@H](C)N(S(C)(=O)=O)C[C@@H]1C. The van der Waals surface area contributed by atoms with Gasteiger partial charge in [-0.25, -0.2) is 13.2 Å². The minimum atomic E-state index is -3.50. The largest absolute Gasteiger partial charge is 0.491 e. The van der Waals surface area contributed by atoms with E-state index in [-0.39, 0.29) is 55.3 Å². The summed E-state index contributed by atoms with van der Waals surface area (Å²) in [6.45, 7) is 7.91. The van der Waals surface area contributed by atoms with E-state index in [1.807, 2.05) is 20.8 Å². The third-order valence-electron chi connectivity index (χ3n) is 5.49. The number of benzene rings is 1. The number of carbonyl (C=O) groups is 2. The van der Waals surface area contributed by atoms with E-state index in [1.54, 1.807) is 39.3 Å². The van der Waals surface area contributed by atoms with Crippen LogP contribution < -0.4 is 15.4 Å². The minimum absolute atomic E-state index is 0.0439. The maximum absolute atomic E-state index is 13.3. The van der Waals surface area contributed by atoms with E-state index in [4.69, 9.17) is 9.47 Å². The van der Waals surface area contributed by atoms with Gasteiger partial charge in [0.25, 0.3) is 5.91 Å². The molecular formula is C22H36N4O6S. The Morgan fingerprint density at radius 2 is 1.91 bits per heavy atom. The molecule has 0 aromatic heterocycles. The fourth-order valence-electron chi connectivity index (χ4n) is 3.71. The molecule has 1 aromatic carbocycles. The number of methoxy groups -OCH3 is 1. The number of sulfonamides is 1. The molecule has 33 heavy (non-hydrogen) atoms. The van der Waals surface area contributed by atoms with Gasteiger partial charge >= 0.3 is 6.03 Å². The van der Waals surface area contributed by atoms with Gasteiger partial charge in [0.2, 0.25) is 10.0 Å². The average Bonchev–Trinajstić information content (AvgIpc) is 2.71. The van der Waals surface area contributed by atoms with Gasteiger partial charge in [0.05, 0.1) is 24.0 Å². The van der Waals surface area contributed by atoms with E-state index < -0.39 is 16.1 Å².